The Balaban J connectivity index is 1.85. The Morgan fingerprint density at radius 2 is 2.19 bits per heavy atom. The maximum atomic E-state index is 12.3. The molecule has 2 aliphatic rings. The van der Waals surface area contributed by atoms with E-state index in [0.717, 1.165) is 12.1 Å². The number of nitro benzene ring substituents is 1. The second kappa shape index (κ2) is 5.44. The first kappa shape index (κ1) is 14.0. The SMILES string of the molecule is CC1NC(c2cccc([N+](=O)[O-])c2)N(CC2CCC2)C1=O. The van der Waals surface area contributed by atoms with Crippen molar-refractivity contribution in [1.29, 1.82) is 0 Å². The summed E-state index contributed by atoms with van der Waals surface area (Å²) in [4.78, 5) is 24.7. The third-order valence-corrected chi connectivity index (χ3v) is 4.45. The van der Waals surface area contributed by atoms with Gasteiger partial charge in [-0.05, 0) is 31.2 Å². The van der Waals surface area contributed by atoms with Gasteiger partial charge in [-0.2, -0.15) is 0 Å². The number of non-ortho nitro benzene ring substituents is 1. The summed E-state index contributed by atoms with van der Waals surface area (Å²) in [5, 5.41) is 14.2. The maximum Gasteiger partial charge on any atom is 0.269 e. The molecule has 0 bridgehead atoms. The van der Waals surface area contributed by atoms with Crippen LogP contribution in [0.15, 0.2) is 24.3 Å². The average Bonchev–Trinajstić information content (AvgIpc) is 2.70. The van der Waals surface area contributed by atoms with Gasteiger partial charge in [0.2, 0.25) is 5.91 Å². The van der Waals surface area contributed by atoms with Gasteiger partial charge < -0.3 is 4.90 Å². The molecule has 21 heavy (non-hydrogen) atoms. The lowest BCUT2D eigenvalue weighted by Gasteiger charge is -2.33. The van der Waals surface area contributed by atoms with Crippen LogP contribution in [-0.4, -0.2) is 28.3 Å². The van der Waals surface area contributed by atoms with Crippen molar-refractivity contribution < 1.29 is 9.72 Å². The summed E-state index contributed by atoms with van der Waals surface area (Å²) in [6.07, 6.45) is 3.31. The van der Waals surface area contributed by atoms with Gasteiger partial charge in [-0.25, -0.2) is 0 Å². The quantitative estimate of drug-likeness (QED) is 0.681. The Labute approximate surface area is 123 Å². The van der Waals surface area contributed by atoms with E-state index in [4.69, 9.17) is 0 Å². The largest absolute Gasteiger partial charge is 0.321 e. The molecule has 1 amide bonds. The van der Waals surface area contributed by atoms with Gasteiger partial charge in [0.25, 0.3) is 5.69 Å². The second-order valence-corrected chi connectivity index (χ2v) is 5.93. The van der Waals surface area contributed by atoms with Crippen LogP contribution >= 0.6 is 0 Å². The third kappa shape index (κ3) is 2.63. The van der Waals surface area contributed by atoms with E-state index in [1.807, 2.05) is 17.9 Å². The number of amides is 1. The summed E-state index contributed by atoms with van der Waals surface area (Å²) in [5.41, 5.74) is 0.839. The van der Waals surface area contributed by atoms with Gasteiger partial charge >= 0.3 is 0 Å². The van der Waals surface area contributed by atoms with Crippen molar-refractivity contribution in [1.82, 2.24) is 10.2 Å². The van der Waals surface area contributed by atoms with Crippen LogP contribution in [0.5, 0.6) is 0 Å². The van der Waals surface area contributed by atoms with Crippen molar-refractivity contribution in [3.8, 4) is 0 Å². The molecule has 1 saturated heterocycles. The van der Waals surface area contributed by atoms with Crippen LogP contribution in [0.2, 0.25) is 0 Å². The highest BCUT2D eigenvalue weighted by atomic mass is 16.6. The molecule has 1 aromatic rings. The van der Waals surface area contributed by atoms with Crippen LogP contribution in [0.3, 0.4) is 0 Å². The fraction of sp³-hybridized carbons (Fsp3) is 0.533. The molecule has 112 valence electrons. The van der Waals surface area contributed by atoms with Gasteiger partial charge in [0.05, 0.1) is 11.0 Å². The number of nitro groups is 1. The van der Waals surface area contributed by atoms with Crippen LogP contribution in [0.25, 0.3) is 0 Å². The molecule has 1 aliphatic carbocycles. The highest BCUT2D eigenvalue weighted by molar-refractivity contribution is 5.84. The Kier molecular flexibility index (Phi) is 3.63. The normalized spacial score (nSPS) is 26.0. The van der Waals surface area contributed by atoms with Crippen LogP contribution in [0, 0.1) is 16.0 Å². The molecule has 2 unspecified atom stereocenters. The molecule has 1 saturated carbocycles. The van der Waals surface area contributed by atoms with Gasteiger partial charge in [0.1, 0.15) is 6.17 Å². The molecule has 1 aromatic carbocycles. The van der Waals surface area contributed by atoms with Crippen molar-refractivity contribution in [3.63, 3.8) is 0 Å². The van der Waals surface area contributed by atoms with Crippen molar-refractivity contribution in [2.45, 2.75) is 38.4 Å². The summed E-state index contributed by atoms with van der Waals surface area (Å²) >= 11 is 0. The molecule has 3 rings (SSSR count). The summed E-state index contributed by atoms with van der Waals surface area (Å²) in [7, 11) is 0. The van der Waals surface area contributed by atoms with E-state index in [1.165, 1.54) is 25.3 Å². The molecule has 0 radical (unpaired) electrons. The van der Waals surface area contributed by atoms with Gasteiger partial charge in [0.15, 0.2) is 0 Å². The lowest BCUT2D eigenvalue weighted by Crippen LogP contribution is -2.37. The average molecular weight is 289 g/mol. The predicted molar refractivity (Wildman–Crippen MR) is 77.5 cm³/mol. The Hall–Kier alpha value is -1.95. The predicted octanol–water partition coefficient (Wildman–Crippen LogP) is 2.21. The number of hydrogen-bond acceptors (Lipinski definition) is 4. The molecule has 1 heterocycles. The fourth-order valence-electron chi connectivity index (χ4n) is 3.01. The Morgan fingerprint density at radius 1 is 1.43 bits per heavy atom. The van der Waals surface area contributed by atoms with E-state index in [-0.39, 0.29) is 23.8 Å². The summed E-state index contributed by atoms with van der Waals surface area (Å²) in [6.45, 7) is 2.58. The zero-order valence-electron chi connectivity index (χ0n) is 12.0. The number of benzene rings is 1. The lowest BCUT2D eigenvalue weighted by molar-refractivity contribution is -0.385. The van der Waals surface area contributed by atoms with Crippen molar-refractivity contribution in [3.05, 3.63) is 39.9 Å². The zero-order chi connectivity index (χ0) is 15.0. The van der Waals surface area contributed by atoms with E-state index in [9.17, 15) is 14.9 Å². The molecule has 6 nitrogen and oxygen atoms in total. The molecule has 1 N–H and O–H groups in total. The minimum Gasteiger partial charge on any atom is -0.321 e. The van der Waals surface area contributed by atoms with Crippen LogP contribution < -0.4 is 5.32 Å². The molecule has 2 fully saturated rings. The number of nitrogens with one attached hydrogen (secondary N) is 1. The smallest absolute Gasteiger partial charge is 0.269 e. The number of nitrogens with zero attached hydrogens (tertiary/aromatic N) is 2. The molecule has 1 aliphatic heterocycles. The molecule has 6 heteroatoms. The van der Waals surface area contributed by atoms with Gasteiger partial charge in [-0.3, -0.25) is 20.2 Å². The van der Waals surface area contributed by atoms with Gasteiger partial charge in [-0.1, -0.05) is 18.6 Å². The minimum absolute atomic E-state index is 0.0601. The second-order valence-electron chi connectivity index (χ2n) is 5.93. The molecule has 2 atom stereocenters. The Bertz CT molecular complexity index is 571. The van der Waals surface area contributed by atoms with E-state index in [2.05, 4.69) is 5.32 Å². The first-order chi connectivity index (χ1) is 10.1. The number of carbonyl (C=O) groups is 1. The molecular formula is C15H19N3O3. The standard InChI is InChI=1S/C15H19N3O3/c1-10-15(19)17(9-11-4-2-5-11)14(16-10)12-6-3-7-13(8-12)18(20)21/h3,6-8,10-11,14,16H,2,4-5,9H2,1H3. The van der Waals surface area contributed by atoms with E-state index < -0.39 is 4.92 Å². The zero-order valence-corrected chi connectivity index (χ0v) is 12.0. The first-order valence-electron chi connectivity index (χ1n) is 7.37. The Morgan fingerprint density at radius 3 is 2.81 bits per heavy atom. The topological polar surface area (TPSA) is 75.5 Å². The van der Waals surface area contributed by atoms with Crippen molar-refractivity contribution >= 4 is 11.6 Å². The van der Waals surface area contributed by atoms with Gasteiger partial charge in [-0.15, -0.1) is 0 Å². The van der Waals surface area contributed by atoms with E-state index >= 15 is 0 Å². The van der Waals surface area contributed by atoms with Crippen molar-refractivity contribution in [2.24, 2.45) is 5.92 Å². The van der Waals surface area contributed by atoms with Crippen LogP contribution in [0.1, 0.15) is 37.9 Å². The number of hydrogen-bond donors (Lipinski definition) is 1. The van der Waals surface area contributed by atoms with E-state index in [1.54, 1.807) is 12.1 Å². The summed E-state index contributed by atoms with van der Waals surface area (Å²) in [5.74, 6) is 0.653. The fourth-order valence-corrected chi connectivity index (χ4v) is 3.01. The molecule has 0 aromatic heterocycles. The lowest BCUT2D eigenvalue weighted by atomic mass is 9.85. The maximum absolute atomic E-state index is 12.3. The van der Waals surface area contributed by atoms with Crippen LogP contribution in [-0.2, 0) is 4.79 Å². The summed E-state index contributed by atoms with van der Waals surface area (Å²) in [6, 6.07) is 6.29. The highest BCUT2D eigenvalue weighted by Gasteiger charge is 2.39. The first-order valence-corrected chi connectivity index (χ1v) is 7.37. The van der Waals surface area contributed by atoms with E-state index in [0.29, 0.717) is 5.92 Å². The van der Waals surface area contributed by atoms with Crippen molar-refractivity contribution in [2.75, 3.05) is 6.54 Å². The van der Waals surface area contributed by atoms with Gasteiger partial charge in [0, 0.05) is 18.7 Å². The minimum atomic E-state index is -0.403. The summed E-state index contributed by atoms with van der Waals surface area (Å²) < 4.78 is 0. The molecular weight excluding hydrogens is 270 g/mol. The third-order valence-electron chi connectivity index (χ3n) is 4.45. The monoisotopic (exact) mass is 289 g/mol. The molecule has 0 spiro atoms. The highest BCUT2D eigenvalue weighted by Crippen LogP contribution is 2.33. The number of carbonyl (C=O) groups excluding carboxylic acids is 1. The van der Waals surface area contributed by atoms with Crippen LogP contribution in [0.4, 0.5) is 5.69 Å². The number of rotatable bonds is 4.